The molecule has 0 bridgehead atoms. The van der Waals surface area contributed by atoms with Crippen molar-refractivity contribution >= 4 is 29.9 Å². The monoisotopic (exact) mass is 405 g/mol. The topological polar surface area (TPSA) is 45.7 Å². The van der Waals surface area contributed by atoms with Gasteiger partial charge in [0.2, 0.25) is 0 Å². The molecule has 0 atom stereocenters. The predicted molar refractivity (Wildman–Crippen MR) is 101 cm³/mol. The molecule has 0 unspecified atom stereocenters. The summed E-state index contributed by atoms with van der Waals surface area (Å²) >= 11 is 0. The highest BCUT2D eigenvalue weighted by Crippen LogP contribution is 2.09. The molecule has 2 N–H and O–H groups in total. The van der Waals surface area contributed by atoms with Crippen molar-refractivity contribution in [3.05, 3.63) is 35.4 Å². The van der Waals surface area contributed by atoms with Crippen LogP contribution < -0.4 is 10.6 Å². The quantitative estimate of drug-likeness (QED) is 0.435. The summed E-state index contributed by atoms with van der Waals surface area (Å²) in [5, 5.41) is 6.62. The van der Waals surface area contributed by atoms with Crippen LogP contribution in [0.15, 0.2) is 29.3 Å². The van der Waals surface area contributed by atoms with E-state index in [-0.39, 0.29) is 29.6 Å². The number of ether oxygens (including phenoxy) is 1. The molecule has 0 radical (unpaired) electrons. The third kappa shape index (κ3) is 7.13. The highest BCUT2D eigenvalue weighted by molar-refractivity contribution is 14.0. The van der Waals surface area contributed by atoms with Crippen LogP contribution in [0.2, 0.25) is 0 Å². The molecule has 0 spiro atoms. The lowest BCUT2D eigenvalue weighted by Crippen LogP contribution is -2.45. The summed E-state index contributed by atoms with van der Waals surface area (Å²) in [5.41, 5.74) is 2.47. The Kier molecular flexibility index (Phi) is 9.61. The van der Waals surface area contributed by atoms with Crippen molar-refractivity contribution in [2.45, 2.75) is 39.3 Å². The van der Waals surface area contributed by atoms with Crippen LogP contribution in [0.5, 0.6) is 0 Å². The second kappa shape index (κ2) is 10.00. The smallest absolute Gasteiger partial charge is 0.191 e. The van der Waals surface area contributed by atoms with E-state index >= 15 is 0 Å². The van der Waals surface area contributed by atoms with Gasteiger partial charge in [0.1, 0.15) is 0 Å². The maximum absolute atomic E-state index is 5.39. The standard InChI is InChI=1S/C16H27N3O.HI/c1-6-13-9-7-8-10-14(13)11-18-15(17-4)19-12-16(2,3)20-5;/h7-10H,6,11-12H2,1-5H3,(H2,17,18,19);1H. The molecule has 5 heteroatoms. The lowest BCUT2D eigenvalue weighted by atomic mass is 10.1. The largest absolute Gasteiger partial charge is 0.377 e. The average Bonchev–Trinajstić information content (AvgIpc) is 2.47. The van der Waals surface area contributed by atoms with Crippen LogP contribution in [0, 0.1) is 0 Å². The van der Waals surface area contributed by atoms with E-state index in [1.807, 2.05) is 13.8 Å². The van der Waals surface area contributed by atoms with Gasteiger partial charge < -0.3 is 15.4 Å². The van der Waals surface area contributed by atoms with Crippen molar-refractivity contribution in [2.75, 3.05) is 20.7 Å². The fourth-order valence-corrected chi connectivity index (χ4v) is 1.84. The summed E-state index contributed by atoms with van der Waals surface area (Å²) in [7, 11) is 3.50. The van der Waals surface area contributed by atoms with Gasteiger partial charge in [0.15, 0.2) is 5.96 Å². The zero-order chi connectivity index (χ0) is 15.0. The van der Waals surface area contributed by atoms with Crippen LogP contribution in [-0.4, -0.2) is 32.3 Å². The summed E-state index contributed by atoms with van der Waals surface area (Å²) in [6.45, 7) is 7.74. The van der Waals surface area contributed by atoms with E-state index in [2.05, 4.69) is 46.8 Å². The SMILES string of the molecule is CCc1ccccc1CNC(=NC)NCC(C)(C)OC.I. The Morgan fingerprint density at radius 2 is 1.81 bits per heavy atom. The van der Waals surface area contributed by atoms with E-state index in [1.54, 1.807) is 14.2 Å². The number of hydrogen-bond acceptors (Lipinski definition) is 2. The van der Waals surface area contributed by atoms with Crippen molar-refractivity contribution in [2.24, 2.45) is 4.99 Å². The van der Waals surface area contributed by atoms with Crippen LogP contribution in [-0.2, 0) is 17.7 Å². The van der Waals surface area contributed by atoms with Crippen LogP contribution in [0.3, 0.4) is 0 Å². The molecule has 0 heterocycles. The van der Waals surface area contributed by atoms with E-state index < -0.39 is 0 Å². The van der Waals surface area contributed by atoms with Crippen molar-refractivity contribution in [1.29, 1.82) is 0 Å². The first-order chi connectivity index (χ1) is 9.52. The molecule has 0 aliphatic heterocycles. The van der Waals surface area contributed by atoms with Gasteiger partial charge in [0, 0.05) is 27.2 Å². The minimum absolute atomic E-state index is 0. The maximum Gasteiger partial charge on any atom is 0.191 e. The normalized spacial score (nSPS) is 11.8. The minimum atomic E-state index is -0.209. The van der Waals surface area contributed by atoms with Crippen LogP contribution in [0.1, 0.15) is 31.9 Å². The number of aliphatic imine (C=N–C) groups is 1. The summed E-state index contributed by atoms with van der Waals surface area (Å²) < 4.78 is 5.39. The Bertz CT molecular complexity index is 447. The van der Waals surface area contributed by atoms with Gasteiger partial charge in [-0.3, -0.25) is 4.99 Å². The summed E-state index contributed by atoms with van der Waals surface area (Å²) in [6, 6.07) is 8.47. The number of hydrogen-bond donors (Lipinski definition) is 2. The number of halogens is 1. The van der Waals surface area contributed by atoms with Gasteiger partial charge in [-0.1, -0.05) is 31.2 Å². The second-order valence-corrected chi connectivity index (χ2v) is 5.37. The Balaban J connectivity index is 0.00000400. The van der Waals surface area contributed by atoms with Gasteiger partial charge in [-0.2, -0.15) is 0 Å². The molecule has 1 aromatic carbocycles. The van der Waals surface area contributed by atoms with Gasteiger partial charge in [-0.15, -0.1) is 24.0 Å². The highest BCUT2D eigenvalue weighted by atomic mass is 127. The number of nitrogens with one attached hydrogen (secondary N) is 2. The van der Waals surface area contributed by atoms with E-state index in [9.17, 15) is 0 Å². The Morgan fingerprint density at radius 1 is 1.19 bits per heavy atom. The summed E-state index contributed by atoms with van der Waals surface area (Å²) in [5.74, 6) is 0.793. The number of nitrogens with zero attached hydrogens (tertiary/aromatic N) is 1. The van der Waals surface area contributed by atoms with E-state index in [0.29, 0.717) is 6.54 Å². The van der Waals surface area contributed by atoms with E-state index in [4.69, 9.17) is 4.74 Å². The number of aryl methyl sites for hydroxylation is 1. The predicted octanol–water partition coefficient (Wildman–Crippen LogP) is 2.96. The highest BCUT2D eigenvalue weighted by Gasteiger charge is 2.16. The first-order valence-corrected chi connectivity index (χ1v) is 7.09. The van der Waals surface area contributed by atoms with E-state index in [1.165, 1.54) is 11.1 Å². The molecule has 1 aromatic rings. The number of benzene rings is 1. The molecule has 4 nitrogen and oxygen atoms in total. The van der Waals surface area contributed by atoms with Crippen LogP contribution in [0.4, 0.5) is 0 Å². The van der Waals surface area contributed by atoms with Crippen molar-refractivity contribution in [3.8, 4) is 0 Å². The Hall–Kier alpha value is -0.820. The lowest BCUT2D eigenvalue weighted by Gasteiger charge is -2.24. The summed E-state index contributed by atoms with van der Waals surface area (Å²) in [6.07, 6.45) is 1.04. The summed E-state index contributed by atoms with van der Waals surface area (Å²) in [4.78, 5) is 4.23. The molecule has 0 saturated heterocycles. The van der Waals surface area contributed by atoms with Gasteiger partial charge in [-0.25, -0.2) is 0 Å². The van der Waals surface area contributed by atoms with Gasteiger partial charge in [0.25, 0.3) is 0 Å². The zero-order valence-corrected chi connectivity index (χ0v) is 16.0. The minimum Gasteiger partial charge on any atom is -0.377 e. The molecule has 1 rings (SSSR count). The third-order valence-corrected chi connectivity index (χ3v) is 3.40. The van der Waals surface area contributed by atoms with Gasteiger partial charge in [-0.05, 0) is 31.4 Å². The first-order valence-electron chi connectivity index (χ1n) is 7.09. The number of methoxy groups -OCH3 is 1. The molecule has 21 heavy (non-hydrogen) atoms. The second-order valence-electron chi connectivity index (χ2n) is 5.37. The van der Waals surface area contributed by atoms with Crippen LogP contribution >= 0.6 is 24.0 Å². The maximum atomic E-state index is 5.39. The van der Waals surface area contributed by atoms with Crippen molar-refractivity contribution in [1.82, 2.24) is 10.6 Å². The zero-order valence-electron chi connectivity index (χ0n) is 13.7. The molecular formula is C16H28IN3O. The van der Waals surface area contributed by atoms with Crippen molar-refractivity contribution < 1.29 is 4.74 Å². The molecule has 0 aliphatic carbocycles. The fraction of sp³-hybridized carbons (Fsp3) is 0.562. The van der Waals surface area contributed by atoms with Gasteiger partial charge >= 0.3 is 0 Å². The Labute approximate surface area is 145 Å². The van der Waals surface area contributed by atoms with Crippen molar-refractivity contribution in [3.63, 3.8) is 0 Å². The third-order valence-electron chi connectivity index (χ3n) is 3.40. The molecule has 0 saturated carbocycles. The Morgan fingerprint density at radius 3 is 2.33 bits per heavy atom. The number of guanidine groups is 1. The molecule has 0 fully saturated rings. The lowest BCUT2D eigenvalue weighted by molar-refractivity contribution is 0.0268. The fourth-order valence-electron chi connectivity index (χ4n) is 1.84. The first kappa shape index (κ1) is 20.2. The molecular weight excluding hydrogens is 377 g/mol. The molecule has 0 aromatic heterocycles. The molecule has 0 aliphatic rings. The van der Waals surface area contributed by atoms with Crippen LogP contribution in [0.25, 0.3) is 0 Å². The van der Waals surface area contributed by atoms with Gasteiger partial charge in [0.05, 0.1) is 5.60 Å². The number of rotatable bonds is 6. The average molecular weight is 405 g/mol. The molecule has 120 valence electrons. The molecule has 0 amide bonds. The van der Waals surface area contributed by atoms with E-state index in [0.717, 1.165) is 18.9 Å².